The van der Waals surface area contributed by atoms with Gasteiger partial charge in [0.05, 0.1) is 12.1 Å². The number of aliphatic imine (C=N–C) groups is 2. The summed E-state index contributed by atoms with van der Waals surface area (Å²) in [6.45, 7) is 18.4. The third-order valence-electron chi connectivity index (χ3n) is 5.83. The van der Waals surface area contributed by atoms with Crippen LogP contribution in [0.25, 0.3) is 0 Å². The summed E-state index contributed by atoms with van der Waals surface area (Å²) in [4.78, 5) is 22.8. The number of nitrogens with one attached hydrogen (secondary N) is 2. The van der Waals surface area contributed by atoms with Gasteiger partial charge in [0.1, 0.15) is 0 Å². The van der Waals surface area contributed by atoms with E-state index in [-0.39, 0.29) is 29.4 Å². The lowest BCUT2D eigenvalue weighted by molar-refractivity contribution is 0.0975. The van der Waals surface area contributed by atoms with Crippen LogP contribution >= 0.6 is 23.2 Å². The third kappa shape index (κ3) is 10.3. The van der Waals surface area contributed by atoms with Crippen LogP contribution in [0.5, 0.6) is 0 Å². The van der Waals surface area contributed by atoms with Gasteiger partial charge in [-0.25, -0.2) is 4.99 Å². The molecule has 0 heterocycles. The van der Waals surface area contributed by atoms with Crippen LogP contribution in [0.4, 0.5) is 0 Å². The smallest absolute Gasteiger partial charge is 0.257 e. The second-order valence-electron chi connectivity index (χ2n) is 10.5. The molecule has 200 valence electrons. The molecule has 5 nitrogen and oxygen atoms in total. The Kier molecular flexibility index (Phi) is 11.4. The Morgan fingerprint density at radius 1 is 1.03 bits per heavy atom. The number of benzene rings is 2. The van der Waals surface area contributed by atoms with Crippen molar-refractivity contribution in [1.29, 1.82) is 0 Å². The minimum absolute atomic E-state index is 0.00806. The van der Waals surface area contributed by atoms with E-state index in [2.05, 4.69) is 37.1 Å². The number of amides is 1. The van der Waals surface area contributed by atoms with Crippen LogP contribution in [0.15, 0.2) is 70.7 Å². The van der Waals surface area contributed by atoms with Gasteiger partial charge in [0.2, 0.25) is 0 Å². The van der Waals surface area contributed by atoms with E-state index in [9.17, 15) is 4.79 Å². The van der Waals surface area contributed by atoms with Crippen molar-refractivity contribution in [2.75, 3.05) is 0 Å². The Bertz CT molecular complexity index is 1130. The maximum atomic E-state index is 12.9. The molecule has 3 unspecified atom stereocenters. The first-order chi connectivity index (χ1) is 17.3. The van der Waals surface area contributed by atoms with Gasteiger partial charge in [-0.3, -0.25) is 15.1 Å². The molecule has 0 aliphatic carbocycles. The number of halogens is 2. The number of carbonyl (C=O) groups excluding carboxylic acids is 1. The number of rotatable bonds is 9. The minimum atomic E-state index is -0.300. The molecule has 7 heteroatoms. The maximum absolute atomic E-state index is 12.9. The highest BCUT2D eigenvalue weighted by atomic mass is 35.5. The topological polar surface area (TPSA) is 65.8 Å². The standard InChI is InChI=1S/C30H40Cl2N4O/c1-9-27(19(2)3)34-21(5)26(23-11-10-12-25(32)18-23)17-20(4)33-29(36-30(6,7)8)35-28(37)22-13-15-24(31)16-14-22/h10-16,18,20,26-27H,2,9,17H2,1,3-8H3,(H2,33,35,36,37). The lowest BCUT2D eigenvalue weighted by Crippen LogP contribution is -2.50. The highest BCUT2D eigenvalue weighted by molar-refractivity contribution is 6.31. The van der Waals surface area contributed by atoms with Crippen molar-refractivity contribution < 1.29 is 4.79 Å². The van der Waals surface area contributed by atoms with Crippen molar-refractivity contribution in [3.63, 3.8) is 0 Å². The molecule has 0 spiro atoms. The van der Waals surface area contributed by atoms with Crippen molar-refractivity contribution in [2.24, 2.45) is 9.98 Å². The predicted molar refractivity (Wildman–Crippen MR) is 160 cm³/mol. The summed E-state index contributed by atoms with van der Waals surface area (Å²) in [6.07, 6.45) is 1.58. The van der Waals surface area contributed by atoms with Crippen LogP contribution in [-0.4, -0.2) is 35.2 Å². The molecule has 0 aliphatic rings. The van der Waals surface area contributed by atoms with Crippen LogP contribution in [0.1, 0.15) is 83.1 Å². The van der Waals surface area contributed by atoms with E-state index < -0.39 is 0 Å². The van der Waals surface area contributed by atoms with E-state index in [0.29, 0.717) is 28.0 Å². The summed E-state index contributed by atoms with van der Waals surface area (Å²) in [7, 11) is 0. The summed E-state index contributed by atoms with van der Waals surface area (Å²) in [5, 5.41) is 7.54. The SMILES string of the molecule is C=C(C)C(CC)N=C(C)C(CC(C)N=C(NC(=O)c1ccc(Cl)cc1)NC(C)(C)C)c1cccc(Cl)c1. The number of nitrogens with zero attached hydrogens (tertiary/aromatic N) is 2. The largest absolute Gasteiger partial charge is 0.351 e. The Labute approximate surface area is 232 Å². The fourth-order valence-corrected chi connectivity index (χ4v) is 4.33. The zero-order valence-corrected chi connectivity index (χ0v) is 24.5. The van der Waals surface area contributed by atoms with Crippen LogP contribution in [-0.2, 0) is 0 Å². The summed E-state index contributed by atoms with van der Waals surface area (Å²) >= 11 is 12.3. The first-order valence-corrected chi connectivity index (χ1v) is 13.4. The molecule has 37 heavy (non-hydrogen) atoms. The minimum Gasteiger partial charge on any atom is -0.351 e. The lowest BCUT2D eigenvalue weighted by Gasteiger charge is -2.26. The lowest BCUT2D eigenvalue weighted by atomic mass is 9.88. The molecule has 2 aromatic rings. The molecule has 0 aliphatic heterocycles. The number of carbonyl (C=O) groups is 1. The molecule has 2 N–H and O–H groups in total. The van der Waals surface area contributed by atoms with Crippen molar-refractivity contribution in [1.82, 2.24) is 10.6 Å². The Hall–Kier alpha value is -2.63. The van der Waals surface area contributed by atoms with E-state index in [0.717, 1.165) is 23.3 Å². The molecular weight excluding hydrogens is 503 g/mol. The van der Waals surface area contributed by atoms with Crippen LogP contribution in [0, 0.1) is 0 Å². The highest BCUT2D eigenvalue weighted by Crippen LogP contribution is 2.28. The first kappa shape index (κ1) is 30.6. The number of hydrogen-bond acceptors (Lipinski definition) is 3. The van der Waals surface area contributed by atoms with E-state index >= 15 is 0 Å². The second kappa shape index (κ2) is 13.8. The number of hydrogen-bond donors (Lipinski definition) is 2. The monoisotopic (exact) mass is 542 g/mol. The van der Waals surface area contributed by atoms with Gasteiger partial charge in [-0.15, -0.1) is 0 Å². The average molecular weight is 544 g/mol. The van der Waals surface area contributed by atoms with Gasteiger partial charge in [-0.05, 0) is 96.3 Å². The van der Waals surface area contributed by atoms with Gasteiger partial charge < -0.3 is 5.32 Å². The summed E-state index contributed by atoms with van der Waals surface area (Å²) < 4.78 is 0. The molecule has 0 bridgehead atoms. The molecule has 0 radical (unpaired) electrons. The second-order valence-corrected chi connectivity index (χ2v) is 11.4. The zero-order chi connectivity index (χ0) is 27.8. The molecular formula is C30H40Cl2N4O. The Morgan fingerprint density at radius 2 is 1.68 bits per heavy atom. The van der Waals surface area contributed by atoms with Crippen molar-refractivity contribution in [3.8, 4) is 0 Å². The van der Waals surface area contributed by atoms with E-state index in [1.807, 2.05) is 52.8 Å². The van der Waals surface area contributed by atoms with Gasteiger partial charge in [0, 0.05) is 32.8 Å². The van der Waals surface area contributed by atoms with Crippen LogP contribution in [0.3, 0.4) is 0 Å². The van der Waals surface area contributed by atoms with Gasteiger partial charge >= 0.3 is 0 Å². The molecule has 0 saturated heterocycles. The van der Waals surface area contributed by atoms with Gasteiger partial charge in [-0.1, -0.05) is 54.4 Å². The quantitative estimate of drug-likeness (QED) is 0.192. The normalized spacial score (nSPS) is 15.1. The van der Waals surface area contributed by atoms with E-state index in [1.54, 1.807) is 24.3 Å². The van der Waals surface area contributed by atoms with Gasteiger partial charge in [-0.2, -0.15) is 0 Å². The fourth-order valence-electron chi connectivity index (χ4n) is 4.00. The fraction of sp³-hybridized carbons (Fsp3) is 0.433. The highest BCUT2D eigenvalue weighted by Gasteiger charge is 2.22. The molecule has 0 fully saturated rings. The van der Waals surface area contributed by atoms with Crippen molar-refractivity contribution >= 4 is 40.8 Å². The molecule has 2 rings (SSSR count). The van der Waals surface area contributed by atoms with Crippen molar-refractivity contribution in [2.45, 2.75) is 84.8 Å². The Balaban J connectivity index is 2.38. The average Bonchev–Trinajstić information content (AvgIpc) is 2.79. The van der Waals surface area contributed by atoms with Crippen molar-refractivity contribution in [3.05, 3.63) is 81.9 Å². The third-order valence-corrected chi connectivity index (χ3v) is 6.32. The van der Waals surface area contributed by atoms with Crippen LogP contribution < -0.4 is 10.6 Å². The molecule has 2 aromatic carbocycles. The number of guanidine groups is 1. The van der Waals surface area contributed by atoms with Gasteiger partial charge in [0.15, 0.2) is 5.96 Å². The van der Waals surface area contributed by atoms with Crippen LogP contribution in [0.2, 0.25) is 10.0 Å². The summed E-state index contributed by atoms with van der Waals surface area (Å²) in [5.41, 5.74) is 3.34. The van der Waals surface area contributed by atoms with Gasteiger partial charge in [0.25, 0.3) is 5.91 Å². The Morgan fingerprint density at radius 3 is 2.22 bits per heavy atom. The zero-order valence-electron chi connectivity index (χ0n) is 23.0. The molecule has 0 aromatic heterocycles. The molecule has 0 saturated carbocycles. The van der Waals surface area contributed by atoms with E-state index in [1.165, 1.54) is 0 Å². The summed E-state index contributed by atoms with van der Waals surface area (Å²) in [6, 6.07) is 14.6. The molecule has 3 atom stereocenters. The predicted octanol–water partition coefficient (Wildman–Crippen LogP) is 7.85. The summed E-state index contributed by atoms with van der Waals surface area (Å²) in [5.74, 6) is 0.178. The molecule has 1 amide bonds. The maximum Gasteiger partial charge on any atom is 0.257 e. The first-order valence-electron chi connectivity index (χ1n) is 12.7. The van der Waals surface area contributed by atoms with E-state index in [4.69, 9.17) is 33.2 Å².